The summed E-state index contributed by atoms with van der Waals surface area (Å²) in [5.74, 6) is 0.243. The minimum atomic E-state index is -0.924. The van der Waals surface area contributed by atoms with Crippen molar-refractivity contribution in [2.75, 3.05) is 0 Å². The van der Waals surface area contributed by atoms with E-state index in [4.69, 9.17) is 17.3 Å². The first-order valence-corrected chi connectivity index (χ1v) is 5.77. The Morgan fingerprint density at radius 3 is 2.65 bits per heavy atom. The van der Waals surface area contributed by atoms with Crippen LogP contribution in [0.25, 0.3) is 5.57 Å². The highest BCUT2D eigenvalue weighted by Crippen LogP contribution is 2.27. The van der Waals surface area contributed by atoms with Gasteiger partial charge in [0.05, 0.1) is 0 Å². The molecule has 90 valence electrons. The summed E-state index contributed by atoms with van der Waals surface area (Å²) in [5, 5.41) is 13.6. The Morgan fingerprint density at radius 2 is 2.06 bits per heavy atom. The molecule has 17 heavy (non-hydrogen) atoms. The number of allylic oxidation sites excluding steroid dienone is 1. The Kier molecular flexibility index (Phi) is 3.36. The topological polar surface area (TPSA) is 70.6 Å². The molecule has 0 aliphatic carbocycles. The van der Waals surface area contributed by atoms with E-state index in [1.807, 2.05) is 19.1 Å². The molecule has 2 rings (SSSR count). The molecule has 1 aromatic carbocycles. The smallest absolute Gasteiger partial charge is 0.195 e. The monoisotopic (exact) mass is 251 g/mol. The third-order valence-corrected chi connectivity index (χ3v) is 2.88. The van der Waals surface area contributed by atoms with Crippen LogP contribution in [0, 0.1) is 0 Å². The molecular weight excluding hydrogens is 238 g/mol. The summed E-state index contributed by atoms with van der Waals surface area (Å²) in [6, 6.07) is 7.28. The van der Waals surface area contributed by atoms with Crippen LogP contribution in [0.1, 0.15) is 18.9 Å². The number of benzene rings is 1. The Bertz CT molecular complexity index is 479. The molecule has 0 fully saturated rings. The number of nitrogens with one attached hydrogen (secondary N) is 1. The number of nitrogens with two attached hydrogens (primary N) is 1. The molecule has 1 unspecified atom stereocenters. The first kappa shape index (κ1) is 12.0. The van der Waals surface area contributed by atoms with Crippen molar-refractivity contribution in [1.82, 2.24) is 5.32 Å². The summed E-state index contributed by atoms with van der Waals surface area (Å²) in [5.41, 5.74) is 8.10. The molecule has 0 radical (unpaired) electrons. The van der Waals surface area contributed by atoms with E-state index in [1.54, 1.807) is 12.1 Å². The standard InChI is InChI=1S/C12H14ClN3O/c1-2-9-10(11(17)16-12(14)15-9)7-3-5-8(13)6-4-7/h3-6,11,17H,2H2,1H3,(H3,14,15,16). The predicted octanol–water partition coefficient (Wildman–Crippen LogP) is 1.70. The highest BCUT2D eigenvalue weighted by atomic mass is 35.5. The number of aliphatic hydroxyl groups excluding tert-OH is 1. The number of guanidine groups is 1. The van der Waals surface area contributed by atoms with Gasteiger partial charge in [0.25, 0.3) is 0 Å². The third kappa shape index (κ3) is 2.43. The van der Waals surface area contributed by atoms with Crippen molar-refractivity contribution in [2.45, 2.75) is 19.6 Å². The Morgan fingerprint density at radius 1 is 1.41 bits per heavy atom. The van der Waals surface area contributed by atoms with Crippen molar-refractivity contribution in [1.29, 1.82) is 0 Å². The van der Waals surface area contributed by atoms with Crippen LogP contribution in [0.5, 0.6) is 0 Å². The van der Waals surface area contributed by atoms with E-state index >= 15 is 0 Å². The number of aliphatic hydroxyl groups is 1. The van der Waals surface area contributed by atoms with Gasteiger partial charge in [0.1, 0.15) is 0 Å². The second-order valence-electron chi connectivity index (χ2n) is 3.77. The van der Waals surface area contributed by atoms with Crippen LogP contribution in [-0.2, 0) is 0 Å². The van der Waals surface area contributed by atoms with Crippen LogP contribution in [0.3, 0.4) is 0 Å². The summed E-state index contributed by atoms with van der Waals surface area (Å²) in [7, 11) is 0. The number of hydrogen-bond donors (Lipinski definition) is 3. The molecule has 4 N–H and O–H groups in total. The van der Waals surface area contributed by atoms with Crippen LogP contribution in [0.4, 0.5) is 0 Å². The molecule has 0 saturated heterocycles. The largest absolute Gasteiger partial charge is 0.370 e. The van der Waals surface area contributed by atoms with Crippen LogP contribution in [0.2, 0.25) is 5.02 Å². The number of nitrogens with zero attached hydrogens (tertiary/aromatic N) is 1. The molecule has 1 heterocycles. The zero-order valence-electron chi connectivity index (χ0n) is 9.44. The highest BCUT2D eigenvalue weighted by molar-refractivity contribution is 6.30. The lowest BCUT2D eigenvalue weighted by Crippen LogP contribution is -2.37. The van der Waals surface area contributed by atoms with E-state index < -0.39 is 6.23 Å². The lowest BCUT2D eigenvalue weighted by molar-refractivity contribution is 0.239. The predicted molar refractivity (Wildman–Crippen MR) is 69.4 cm³/mol. The van der Waals surface area contributed by atoms with Crippen molar-refractivity contribution in [3.63, 3.8) is 0 Å². The van der Waals surface area contributed by atoms with Gasteiger partial charge < -0.3 is 16.2 Å². The molecule has 4 nitrogen and oxygen atoms in total. The Hall–Kier alpha value is -1.52. The maximum Gasteiger partial charge on any atom is 0.195 e. The highest BCUT2D eigenvalue weighted by Gasteiger charge is 2.21. The zero-order valence-corrected chi connectivity index (χ0v) is 10.2. The van der Waals surface area contributed by atoms with Gasteiger partial charge in [-0.25, -0.2) is 4.99 Å². The Balaban J connectivity index is 2.44. The van der Waals surface area contributed by atoms with E-state index in [0.29, 0.717) is 5.02 Å². The van der Waals surface area contributed by atoms with E-state index in [0.717, 1.165) is 23.3 Å². The second-order valence-corrected chi connectivity index (χ2v) is 4.20. The fraction of sp³-hybridized carbons (Fsp3) is 0.250. The minimum absolute atomic E-state index is 0.243. The van der Waals surface area contributed by atoms with Gasteiger partial charge in [-0.15, -0.1) is 0 Å². The SMILES string of the molecule is CCC1=C(c2ccc(Cl)cc2)C(O)N=C(N)N1. The van der Waals surface area contributed by atoms with E-state index in [-0.39, 0.29) is 5.96 Å². The number of hydrogen-bond acceptors (Lipinski definition) is 4. The molecule has 5 heteroatoms. The van der Waals surface area contributed by atoms with Crippen LogP contribution >= 0.6 is 11.6 Å². The van der Waals surface area contributed by atoms with Crippen LogP contribution in [0.15, 0.2) is 35.0 Å². The quantitative estimate of drug-likeness (QED) is 0.749. The third-order valence-electron chi connectivity index (χ3n) is 2.63. The first-order chi connectivity index (χ1) is 8.11. The maximum absolute atomic E-state index is 9.97. The molecular formula is C12H14ClN3O. The minimum Gasteiger partial charge on any atom is -0.370 e. The van der Waals surface area contributed by atoms with Gasteiger partial charge >= 0.3 is 0 Å². The van der Waals surface area contributed by atoms with Gasteiger partial charge in [-0.1, -0.05) is 30.7 Å². The van der Waals surface area contributed by atoms with E-state index in [2.05, 4.69) is 10.3 Å². The number of halogens is 1. The summed E-state index contributed by atoms with van der Waals surface area (Å²) in [4.78, 5) is 3.91. The average Bonchev–Trinajstić information content (AvgIpc) is 2.30. The summed E-state index contributed by atoms with van der Waals surface area (Å²) >= 11 is 5.84. The van der Waals surface area contributed by atoms with Gasteiger partial charge in [-0.05, 0) is 24.1 Å². The molecule has 0 amide bonds. The lowest BCUT2D eigenvalue weighted by atomic mass is 10.00. The van der Waals surface area contributed by atoms with Crippen molar-refractivity contribution >= 4 is 23.1 Å². The first-order valence-electron chi connectivity index (χ1n) is 5.39. The molecule has 1 aliphatic heterocycles. The molecule has 0 bridgehead atoms. The van der Waals surface area contributed by atoms with Crippen LogP contribution in [-0.4, -0.2) is 17.3 Å². The van der Waals surface area contributed by atoms with Gasteiger partial charge in [-0.2, -0.15) is 0 Å². The maximum atomic E-state index is 9.97. The lowest BCUT2D eigenvalue weighted by Gasteiger charge is -2.23. The molecule has 1 atom stereocenters. The Labute approximate surface area is 105 Å². The summed E-state index contributed by atoms with van der Waals surface area (Å²) in [6.45, 7) is 1.99. The number of rotatable bonds is 2. The fourth-order valence-electron chi connectivity index (χ4n) is 1.84. The van der Waals surface area contributed by atoms with Gasteiger partial charge in [-0.3, -0.25) is 0 Å². The van der Waals surface area contributed by atoms with Gasteiger partial charge in [0.15, 0.2) is 12.2 Å². The van der Waals surface area contributed by atoms with Crippen LogP contribution < -0.4 is 11.1 Å². The van der Waals surface area contributed by atoms with Crippen molar-refractivity contribution in [3.8, 4) is 0 Å². The van der Waals surface area contributed by atoms with Gasteiger partial charge in [0.2, 0.25) is 0 Å². The fourth-order valence-corrected chi connectivity index (χ4v) is 1.96. The summed E-state index contributed by atoms with van der Waals surface area (Å²) < 4.78 is 0. The molecule has 0 saturated carbocycles. The second kappa shape index (κ2) is 4.77. The summed E-state index contributed by atoms with van der Waals surface area (Å²) in [6.07, 6.45) is -0.182. The van der Waals surface area contributed by atoms with Crippen molar-refractivity contribution in [3.05, 3.63) is 40.5 Å². The zero-order chi connectivity index (χ0) is 12.4. The van der Waals surface area contributed by atoms with Gasteiger partial charge in [0, 0.05) is 16.3 Å². The normalized spacial score (nSPS) is 19.9. The molecule has 0 aromatic heterocycles. The van der Waals surface area contributed by atoms with E-state index in [1.165, 1.54) is 0 Å². The molecule has 1 aromatic rings. The molecule has 1 aliphatic rings. The van der Waals surface area contributed by atoms with Crippen molar-refractivity contribution in [2.24, 2.45) is 10.7 Å². The average molecular weight is 252 g/mol. The van der Waals surface area contributed by atoms with E-state index in [9.17, 15) is 5.11 Å². The number of aliphatic imine (C=N–C) groups is 1. The molecule has 0 spiro atoms. The van der Waals surface area contributed by atoms with Crippen molar-refractivity contribution < 1.29 is 5.11 Å².